The molecule has 1 amide bonds. The van der Waals surface area contributed by atoms with Gasteiger partial charge in [0.25, 0.3) is 0 Å². The summed E-state index contributed by atoms with van der Waals surface area (Å²) in [7, 11) is 0. The van der Waals surface area contributed by atoms with Crippen molar-refractivity contribution in [3.05, 3.63) is 15.9 Å². The molecule has 0 spiro atoms. The normalized spacial score (nSPS) is 9.85. The highest BCUT2D eigenvalue weighted by Crippen LogP contribution is 2.21. The number of rotatable bonds is 1. The van der Waals surface area contributed by atoms with Crippen LogP contribution in [0.1, 0.15) is 12.5 Å². The Labute approximate surface area is 85.3 Å². The van der Waals surface area contributed by atoms with Gasteiger partial charge < -0.3 is 0 Å². The summed E-state index contributed by atoms with van der Waals surface area (Å²) in [5.74, 6) is -0.149. The molecule has 0 saturated carbocycles. The van der Waals surface area contributed by atoms with Gasteiger partial charge in [-0.3, -0.25) is 10.1 Å². The van der Waals surface area contributed by atoms with Crippen molar-refractivity contribution in [3.63, 3.8) is 0 Å². The third-order valence-electron chi connectivity index (χ3n) is 1.31. The third kappa shape index (κ3) is 2.54. The van der Waals surface area contributed by atoms with E-state index in [2.05, 4.69) is 15.3 Å². The molecule has 0 aromatic carbocycles. The van der Waals surface area contributed by atoms with E-state index in [4.69, 9.17) is 23.2 Å². The van der Waals surface area contributed by atoms with Crippen LogP contribution >= 0.6 is 23.2 Å². The maximum atomic E-state index is 10.6. The average molecular weight is 220 g/mol. The van der Waals surface area contributed by atoms with Crippen LogP contribution < -0.4 is 5.32 Å². The molecular weight excluding hydrogens is 213 g/mol. The number of aromatic nitrogens is 2. The third-order valence-corrected chi connectivity index (χ3v) is 2.05. The Hall–Kier alpha value is -0.870. The van der Waals surface area contributed by atoms with Gasteiger partial charge in [0.05, 0.1) is 0 Å². The van der Waals surface area contributed by atoms with Gasteiger partial charge in [0.15, 0.2) is 0 Å². The Balaban J connectivity index is 3.06. The first kappa shape index (κ1) is 10.2. The highest BCUT2D eigenvalue weighted by molar-refractivity contribution is 6.34. The second-order valence-electron chi connectivity index (χ2n) is 2.44. The van der Waals surface area contributed by atoms with E-state index in [0.29, 0.717) is 5.56 Å². The number of hydrogen-bond donors (Lipinski definition) is 1. The number of carbonyl (C=O) groups is 1. The lowest BCUT2D eigenvalue weighted by molar-refractivity contribution is -0.114. The van der Waals surface area contributed by atoms with E-state index in [9.17, 15) is 4.79 Å². The predicted molar refractivity (Wildman–Crippen MR) is 51.1 cm³/mol. The molecule has 13 heavy (non-hydrogen) atoms. The fourth-order valence-electron chi connectivity index (χ4n) is 0.677. The van der Waals surface area contributed by atoms with Crippen molar-refractivity contribution >= 4 is 35.1 Å². The summed E-state index contributed by atoms with van der Waals surface area (Å²) < 4.78 is 0. The SMILES string of the molecule is CC(=O)Nc1nc(Cl)c(C)c(Cl)n1. The summed E-state index contributed by atoms with van der Waals surface area (Å²) in [6, 6.07) is 0. The molecule has 4 nitrogen and oxygen atoms in total. The van der Waals surface area contributed by atoms with Crippen molar-refractivity contribution < 1.29 is 4.79 Å². The van der Waals surface area contributed by atoms with Gasteiger partial charge in [-0.05, 0) is 6.92 Å². The van der Waals surface area contributed by atoms with Gasteiger partial charge in [-0.1, -0.05) is 23.2 Å². The van der Waals surface area contributed by atoms with Crippen molar-refractivity contribution in [2.24, 2.45) is 0 Å². The van der Waals surface area contributed by atoms with Crippen LogP contribution in [0, 0.1) is 6.92 Å². The molecule has 1 aromatic rings. The molecule has 0 atom stereocenters. The minimum Gasteiger partial charge on any atom is -0.295 e. The lowest BCUT2D eigenvalue weighted by Crippen LogP contribution is -2.09. The van der Waals surface area contributed by atoms with Crippen LogP contribution in [0.4, 0.5) is 5.95 Å². The Bertz CT molecular complexity index is 331. The molecule has 0 radical (unpaired) electrons. The van der Waals surface area contributed by atoms with Gasteiger partial charge >= 0.3 is 0 Å². The number of nitrogens with zero attached hydrogens (tertiary/aromatic N) is 2. The fraction of sp³-hybridized carbons (Fsp3) is 0.286. The Morgan fingerprint density at radius 1 is 1.31 bits per heavy atom. The van der Waals surface area contributed by atoms with Crippen LogP contribution in [0.15, 0.2) is 0 Å². The van der Waals surface area contributed by atoms with Gasteiger partial charge in [-0.25, -0.2) is 9.97 Å². The molecule has 0 saturated heterocycles. The molecule has 0 aliphatic heterocycles. The first-order valence-corrected chi connectivity index (χ1v) is 4.23. The summed E-state index contributed by atoms with van der Waals surface area (Å²) in [4.78, 5) is 18.3. The Morgan fingerprint density at radius 3 is 2.15 bits per heavy atom. The number of amides is 1. The van der Waals surface area contributed by atoms with Gasteiger partial charge in [0, 0.05) is 12.5 Å². The lowest BCUT2D eigenvalue weighted by Gasteiger charge is -2.03. The van der Waals surface area contributed by atoms with Crippen LogP contribution in [0.3, 0.4) is 0 Å². The van der Waals surface area contributed by atoms with Crippen LogP contribution in [-0.2, 0) is 4.79 Å². The quantitative estimate of drug-likeness (QED) is 0.736. The summed E-state index contributed by atoms with van der Waals surface area (Å²) >= 11 is 11.4. The maximum absolute atomic E-state index is 10.6. The van der Waals surface area contributed by atoms with E-state index in [1.165, 1.54) is 6.92 Å². The first-order chi connectivity index (χ1) is 6.00. The van der Waals surface area contributed by atoms with Crippen LogP contribution in [0.25, 0.3) is 0 Å². The fourth-order valence-corrected chi connectivity index (χ4v) is 1.06. The molecule has 0 aliphatic carbocycles. The second-order valence-corrected chi connectivity index (χ2v) is 3.15. The van der Waals surface area contributed by atoms with Gasteiger partial charge in [0.1, 0.15) is 10.3 Å². The van der Waals surface area contributed by atoms with E-state index < -0.39 is 0 Å². The smallest absolute Gasteiger partial charge is 0.232 e. The topological polar surface area (TPSA) is 54.9 Å². The van der Waals surface area contributed by atoms with Crippen molar-refractivity contribution in [2.75, 3.05) is 5.32 Å². The van der Waals surface area contributed by atoms with Gasteiger partial charge in [0.2, 0.25) is 11.9 Å². The zero-order chi connectivity index (χ0) is 10.0. The molecule has 1 rings (SSSR count). The van der Waals surface area contributed by atoms with Crippen LogP contribution in [0.5, 0.6) is 0 Å². The average Bonchev–Trinajstić information content (AvgIpc) is 1.98. The molecule has 1 heterocycles. The van der Waals surface area contributed by atoms with E-state index in [0.717, 1.165) is 0 Å². The summed E-state index contributed by atoms with van der Waals surface area (Å²) in [5.41, 5.74) is 0.595. The summed E-state index contributed by atoms with van der Waals surface area (Å²) in [5, 5.41) is 2.86. The largest absolute Gasteiger partial charge is 0.295 e. The second kappa shape index (κ2) is 3.89. The number of hydrogen-bond acceptors (Lipinski definition) is 3. The molecule has 6 heteroatoms. The molecule has 1 aromatic heterocycles. The first-order valence-electron chi connectivity index (χ1n) is 3.48. The Morgan fingerprint density at radius 2 is 1.77 bits per heavy atom. The van der Waals surface area contributed by atoms with Crippen LogP contribution in [0.2, 0.25) is 10.3 Å². The van der Waals surface area contributed by atoms with Crippen molar-refractivity contribution in [2.45, 2.75) is 13.8 Å². The summed E-state index contributed by atoms with van der Waals surface area (Å²) in [6.45, 7) is 3.05. The van der Waals surface area contributed by atoms with Crippen LogP contribution in [-0.4, -0.2) is 15.9 Å². The molecule has 0 aliphatic rings. The predicted octanol–water partition coefficient (Wildman–Crippen LogP) is 2.05. The van der Waals surface area contributed by atoms with Gasteiger partial charge in [-0.15, -0.1) is 0 Å². The lowest BCUT2D eigenvalue weighted by atomic mass is 10.4. The molecule has 70 valence electrons. The zero-order valence-corrected chi connectivity index (χ0v) is 8.57. The number of halogens is 2. The monoisotopic (exact) mass is 219 g/mol. The van der Waals surface area contributed by atoms with Crippen molar-refractivity contribution in [1.29, 1.82) is 0 Å². The number of carbonyl (C=O) groups excluding carboxylic acids is 1. The van der Waals surface area contributed by atoms with Crippen molar-refractivity contribution in [3.8, 4) is 0 Å². The van der Waals surface area contributed by atoms with Gasteiger partial charge in [-0.2, -0.15) is 0 Å². The van der Waals surface area contributed by atoms with Crippen molar-refractivity contribution in [1.82, 2.24) is 9.97 Å². The minimum atomic E-state index is -0.268. The zero-order valence-electron chi connectivity index (χ0n) is 7.06. The Kier molecular flexibility index (Phi) is 3.06. The molecule has 0 bridgehead atoms. The van der Waals surface area contributed by atoms with E-state index in [-0.39, 0.29) is 22.2 Å². The highest BCUT2D eigenvalue weighted by Gasteiger charge is 2.07. The summed E-state index contributed by atoms with van der Waals surface area (Å²) in [6.07, 6.45) is 0. The van der Waals surface area contributed by atoms with E-state index in [1.807, 2.05) is 0 Å². The highest BCUT2D eigenvalue weighted by atomic mass is 35.5. The molecule has 0 fully saturated rings. The van der Waals surface area contributed by atoms with E-state index in [1.54, 1.807) is 6.92 Å². The molecule has 1 N–H and O–H groups in total. The molecular formula is C7H7Cl2N3O. The van der Waals surface area contributed by atoms with E-state index >= 15 is 0 Å². The standard InChI is InChI=1S/C7H7Cl2N3O/c1-3-5(8)11-7(10-4(2)13)12-6(3)9/h1-2H3,(H,10,11,12,13). The number of anilines is 1. The maximum Gasteiger partial charge on any atom is 0.232 e. The minimum absolute atomic E-state index is 0.119. The molecule has 0 unspecified atom stereocenters. The number of nitrogens with one attached hydrogen (secondary N) is 1.